The van der Waals surface area contributed by atoms with E-state index >= 15 is 0 Å². The summed E-state index contributed by atoms with van der Waals surface area (Å²) in [6.45, 7) is 0. The van der Waals surface area contributed by atoms with Crippen LogP contribution in [-0.4, -0.2) is 15.0 Å². The Kier molecular flexibility index (Phi) is 7.06. The standard InChI is InChI=1S/C39H29N3/c1-4-10-28(11-5-1)31-16-22-34(23-17-31)37-40-38(35-24-18-32(19-25-35)29-12-6-2-7-13-29)42-39(41-37)36-26-20-33(21-27-36)30-14-8-3-9-15-30/h1-14,16-27,30H,15H2. The van der Waals surface area contributed by atoms with Gasteiger partial charge in [0.25, 0.3) is 0 Å². The van der Waals surface area contributed by atoms with E-state index in [9.17, 15) is 0 Å². The zero-order chi connectivity index (χ0) is 28.1. The Morgan fingerprint density at radius 3 is 1.17 bits per heavy atom. The normalized spacial score (nSPS) is 14.1. The van der Waals surface area contributed by atoms with Gasteiger partial charge in [-0.05, 0) is 34.2 Å². The van der Waals surface area contributed by atoms with E-state index in [1.165, 1.54) is 16.7 Å². The van der Waals surface area contributed by atoms with Crippen molar-refractivity contribution in [2.24, 2.45) is 0 Å². The van der Waals surface area contributed by atoms with Gasteiger partial charge in [0.05, 0.1) is 0 Å². The molecule has 5 aromatic carbocycles. The quantitative estimate of drug-likeness (QED) is 0.211. The van der Waals surface area contributed by atoms with Crippen molar-refractivity contribution in [3.63, 3.8) is 0 Å². The Bertz CT molecular complexity index is 1750. The van der Waals surface area contributed by atoms with Crippen molar-refractivity contribution in [1.29, 1.82) is 0 Å². The molecule has 3 nitrogen and oxygen atoms in total. The van der Waals surface area contributed by atoms with E-state index in [1.54, 1.807) is 0 Å². The molecule has 0 fully saturated rings. The molecule has 1 aliphatic rings. The van der Waals surface area contributed by atoms with Crippen molar-refractivity contribution in [2.75, 3.05) is 0 Å². The molecule has 200 valence electrons. The minimum absolute atomic E-state index is 0.403. The number of allylic oxidation sites excluding steroid dienone is 4. The van der Waals surface area contributed by atoms with Crippen molar-refractivity contribution in [1.82, 2.24) is 15.0 Å². The Balaban J connectivity index is 1.27. The molecule has 0 amide bonds. The molecule has 0 N–H and O–H groups in total. The fourth-order valence-electron chi connectivity index (χ4n) is 5.36. The van der Waals surface area contributed by atoms with Gasteiger partial charge >= 0.3 is 0 Å². The molecule has 0 saturated heterocycles. The van der Waals surface area contributed by atoms with Gasteiger partial charge in [-0.3, -0.25) is 0 Å². The van der Waals surface area contributed by atoms with Gasteiger partial charge < -0.3 is 0 Å². The smallest absolute Gasteiger partial charge is 0.164 e. The third-order valence-electron chi connectivity index (χ3n) is 7.71. The minimum atomic E-state index is 0.403. The molecular formula is C39H29N3. The van der Waals surface area contributed by atoms with Crippen LogP contribution in [0, 0.1) is 0 Å². The largest absolute Gasteiger partial charge is 0.208 e. The zero-order valence-corrected chi connectivity index (χ0v) is 23.1. The third kappa shape index (κ3) is 5.45. The number of benzene rings is 5. The molecule has 6 aromatic rings. The molecule has 7 rings (SSSR count). The molecule has 0 spiro atoms. The second-order valence-corrected chi connectivity index (χ2v) is 10.5. The Hall–Kier alpha value is -5.41. The van der Waals surface area contributed by atoms with Crippen LogP contribution >= 0.6 is 0 Å². The molecule has 0 radical (unpaired) electrons. The van der Waals surface area contributed by atoms with Gasteiger partial charge in [-0.25, -0.2) is 15.0 Å². The van der Waals surface area contributed by atoms with E-state index in [0.29, 0.717) is 23.4 Å². The van der Waals surface area contributed by atoms with Crippen molar-refractivity contribution >= 4 is 0 Å². The first-order valence-corrected chi connectivity index (χ1v) is 14.3. The number of nitrogens with zero attached hydrogens (tertiary/aromatic N) is 3. The summed E-state index contributed by atoms with van der Waals surface area (Å²) in [5.74, 6) is 2.39. The number of rotatable bonds is 6. The Morgan fingerprint density at radius 1 is 0.381 bits per heavy atom. The van der Waals surface area contributed by atoms with Crippen molar-refractivity contribution < 1.29 is 0 Å². The number of hydrogen-bond donors (Lipinski definition) is 0. The first-order valence-electron chi connectivity index (χ1n) is 14.3. The minimum Gasteiger partial charge on any atom is -0.208 e. The van der Waals surface area contributed by atoms with E-state index in [1.807, 2.05) is 12.1 Å². The highest BCUT2D eigenvalue weighted by Crippen LogP contribution is 2.30. The van der Waals surface area contributed by atoms with Crippen molar-refractivity contribution in [3.8, 4) is 56.4 Å². The van der Waals surface area contributed by atoms with Crippen LogP contribution in [0.1, 0.15) is 17.9 Å². The maximum absolute atomic E-state index is 4.96. The number of hydrogen-bond acceptors (Lipinski definition) is 3. The van der Waals surface area contributed by atoms with Gasteiger partial charge in [0.1, 0.15) is 0 Å². The molecule has 1 aliphatic carbocycles. The van der Waals surface area contributed by atoms with Gasteiger partial charge in [0, 0.05) is 22.6 Å². The van der Waals surface area contributed by atoms with E-state index in [2.05, 4.69) is 146 Å². The van der Waals surface area contributed by atoms with E-state index in [4.69, 9.17) is 15.0 Å². The van der Waals surface area contributed by atoms with Gasteiger partial charge in [-0.1, -0.05) is 158 Å². The van der Waals surface area contributed by atoms with E-state index in [0.717, 1.165) is 34.2 Å². The maximum Gasteiger partial charge on any atom is 0.164 e. The maximum atomic E-state index is 4.96. The summed E-state index contributed by atoms with van der Waals surface area (Å²) in [5, 5.41) is 0. The first kappa shape index (κ1) is 25.6. The van der Waals surface area contributed by atoms with Gasteiger partial charge in [0.15, 0.2) is 17.5 Å². The SMILES string of the molecule is C1=CCC(c2ccc(-c3nc(-c4ccc(-c5ccccc5)cc4)nc(-c4ccc(-c5ccccc5)cc4)n3)cc2)C=C1. The Labute approximate surface area is 246 Å². The summed E-state index contributed by atoms with van der Waals surface area (Å²) < 4.78 is 0. The molecular weight excluding hydrogens is 510 g/mol. The summed E-state index contributed by atoms with van der Waals surface area (Å²) in [6.07, 6.45) is 9.73. The van der Waals surface area contributed by atoms with Gasteiger partial charge in [-0.2, -0.15) is 0 Å². The highest BCUT2D eigenvalue weighted by atomic mass is 15.0. The summed E-state index contributed by atoms with van der Waals surface area (Å²) >= 11 is 0. The van der Waals surface area contributed by atoms with Gasteiger partial charge in [-0.15, -0.1) is 0 Å². The fourth-order valence-corrected chi connectivity index (χ4v) is 5.36. The van der Waals surface area contributed by atoms with Crippen LogP contribution in [0.3, 0.4) is 0 Å². The number of aromatic nitrogens is 3. The summed E-state index contributed by atoms with van der Waals surface area (Å²) in [4.78, 5) is 14.9. The topological polar surface area (TPSA) is 38.7 Å². The lowest BCUT2D eigenvalue weighted by Crippen LogP contribution is -2.01. The van der Waals surface area contributed by atoms with Gasteiger partial charge in [0.2, 0.25) is 0 Å². The van der Waals surface area contributed by atoms with Crippen molar-refractivity contribution in [3.05, 3.63) is 163 Å². The average Bonchev–Trinajstić information content (AvgIpc) is 3.09. The molecule has 1 unspecified atom stereocenters. The molecule has 0 saturated carbocycles. The lowest BCUT2D eigenvalue weighted by atomic mass is 9.92. The highest BCUT2D eigenvalue weighted by molar-refractivity contribution is 5.72. The molecule has 3 heteroatoms. The summed E-state index contributed by atoms with van der Waals surface area (Å²) in [5.41, 5.74) is 8.86. The summed E-state index contributed by atoms with van der Waals surface area (Å²) in [7, 11) is 0. The first-order chi connectivity index (χ1) is 20.8. The molecule has 1 heterocycles. The molecule has 0 aliphatic heterocycles. The lowest BCUT2D eigenvalue weighted by molar-refractivity contribution is 0.854. The predicted molar refractivity (Wildman–Crippen MR) is 173 cm³/mol. The van der Waals surface area contributed by atoms with Crippen LogP contribution in [0.2, 0.25) is 0 Å². The van der Waals surface area contributed by atoms with E-state index in [-0.39, 0.29) is 0 Å². The summed E-state index contributed by atoms with van der Waals surface area (Å²) in [6, 6.07) is 46.3. The molecule has 1 atom stereocenters. The zero-order valence-electron chi connectivity index (χ0n) is 23.1. The molecule has 1 aromatic heterocycles. The van der Waals surface area contributed by atoms with Crippen LogP contribution in [0.15, 0.2) is 158 Å². The second kappa shape index (κ2) is 11.6. The van der Waals surface area contributed by atoms with E-state index < -0.39 is 0 Å². The average molecular weight is 540 g/mol. The van der Waals surface area contributed by atoms with Crippen LogP contribution in [0.25, 0.3) is 56.4 Å². The predicted octanol–water partition coefficient (Wildman–Crippen LogP) is 9.81. The fraction of sp³-hybridized carbons (Fsp3) is 0.0513. The van der Waals surface area contributed by atoms with Crippen LogP contribution in [0.4, 0.5) is 0 Å². The Morgan fingerprint density at radius 2 is 0.762 bits per heavy atom. The van der Waals surface area contributed by atoms with Crippen LogP contribution in [-0.2, 0) is 0 Å². The third-order valence-corrected chi connectivity index (χ3v) is 7.71. The highest BCUT2D eigenvalue weighted by Gasteiger charge is 2.14. The molecule has 42 heavy (non-hydrogen) atoms. The second-order valence-electron chi connectivity index (χ2n) is 10.5. The van der Waals surface area contributed by atoms with Crippen LogP contribution in [0.5, 0.6) is 0 Å². The molecule has 0 bridgehead atoms. The monoisotopic (exact) mass is 539 g/mol. The van der Waals surface area contributed by atoms with Crippen molar-refractivity contribution in [2.45, 2.75) is 12.3 Å². The van der Waals surface area contributed by atoms with Crippen LogP contribution < -0.4 is 0 Å². The lowest BCUT2D eigenvalue weighted by Gasteiger charge is -2.14.